The van der Waals surface area contributed by atoms with Gasteiger partial charge in [-0.1, -0.05) is 54.6 Å². The topological polar surface area (TPSA) is 19.7 Å². The van der Waals surface area contributed by atoms with E-state index in [1.165, 1.54) is 27.1 Å². The zero-order valence-corrected chi connectivity index (χ0v) is 15.1. The van der Waals surface area contributed by atoms with Crippen LogP contribution in [0.4, 0.5) is 0 Å². The van der Waals surface area contributed by atoms with Gasteiger partial charge in [-0.3, -0.25) is 0 Å². The van der Waals surface area contributed by atoms with E-state index in [0.29, 0.717) is 0 Å². The molecule has 5 aromatic rings. The highest BCUT2D eigenvalue weighted by molar-refractivity contribution is 9.10. The molecule has 0 atom stereocenters. The molecule has 0 unspecified atom stereocenters. The predicted molar refractivity (Wildman–Crippen MR) is 107 cm³/mol. The van der Waals surface area contributed by atoms with Crippen molar-refractivity contribution in [2.75, 3.05) is 0 Å². The van der Waals surface area contributed by atoms with E-state index in [0.717, 1.165) is 22.1 Å². The first-order chi connectivity index (χ1) is 12.3. The van der Waals surface area contributed by atoms with Crippen molar-refractivity contribution in [2.45, 2.75) is 6.54 Å². The quantitative estimate of drug-likeness (QED) is 0.382. The first-order valence-corrected chi connectivity index (χ1v) is 9.14. The third kappa shape index (κ3) is 2.43. The average molecular weight is 388 g/mol. The van der Waals surface area contributed by atoms with Gasteiger partial charge in [-0.05, 0) is 32.8 Å². The number of aromatic amines is 1. The number of hydrogen-bond acceptors (Lipinski definition) is 0. The number of fused-ring (bicyclic) bond motifs is 4. The van der Waals surface area contributed by atoms with Crippen LogP contribution in [-0.2, 0) is 6.54 Å². The lowest BCUT2D eigenvalue weighted by Crippen LogP contribution is -2.33. The van der Waals surface area contributed by atoms with Crippen LogP contribution in [0, 0.1) is 0 Å². The molecule has 120 valence electrons. The average Bonchev–Trinajstić information content (AvgIpc) is 3.01. The lowest BCUT2D eigenvalue weighted by atomic mass is 10.0. The molecule has 0 amide bonds. The van der Waals surface area contributed by atoms with Gasteiger partial charge in [0.2, 0.25) is 0 Å². The Hall–Kier alpha value is -2.65. The molecule has 0 fully saturated rings. The van der Waals surface area contributed by atoms with Gasteiger partial charge in [-0.2, -0.15) is 4.57 Å². The third-order valence-electron chi connectivity index (χ3n) is 4.81. The first kappa shape index (κ1) is 14.7. The summed E-state index contributed by atoms with van der Waals surface area (Å²) >= 11 is 3.64. The van der Waals surface area contributed by atoms with Crippen LogP contribution in [-0.4, -0.2) is 4.98 Å². The molecule has 2 aromatic heterocycles. The lowest BCUT2D eigenvalue weighted by molar-refractivity contribution is -0.686. The normalized spacial score (nSPS) is 11.6. The fraction of sp³-hybridized carbons (Fsp3) is 0.0455. The fourth-order valence-electron chi connectivity index (χ4n) is 3.61. The molecule has 2 heterocycles. The number of hydrogen-bond donors (Lipinski definition) is 1. The van der Waals surface area contributed by atoms with Crippen LogP contribution < -0.4 is 4.57 Å². The SMILES string of the molecule is Brc1cccc2c1[nH]c1c[n+](Cc3cccc4ccccc34)ccc12. The minimum Gasteiger partial charge on any atom is -0.349 e. The Bertz CT molecular complexity index is 1230. The molecular formula is C22H16BrN2+. The maximum atomic E-state index is 3.64. The van der Waals surface area contributed by atoms with Crippen LogP contribution in [0.3, 0.4) is 0 Å². The number of pyridine rings is 1. The summed E-state index contributed by atoms with van der Waals surface area (Å²) < 4.78 is 3.34. The largest absolute Gasteiger partial charge is 0.349 e. The van der Waals surface area contributed by atoms with Crippen molar-refractivity contribution in [1.29, 1.82) is 0 Å². The molecule has 0 radical (unpaired) electrons. The van der Waals surface area contributed by atoms with Crippen LogP contribution in [0.2, 0.25) is 0 Å². The Morgan fingerprint density at radius 2 is 1.60 bits per heavy atom. The molecule has 0 spiro atoms. The Morgan fingerprint density at radius 1 is 0.800 bits per heavy atom. The van der Waals surface area contributed by atoms with Crippen LogP contribution in [0.25, 0.3) is 32.6 Å². The van der Waals surface area contributed by atoms with Crippen molar-refractivity contribution < 1.29 is 4.57 Å². The number of rotatable bonds is 2. The number of H-pyrrole nitrogens is 1. The summed E-state index contributed by atoms with van der Waals surface area (Å²) in [6.45, 7) is 0.855. The van der Waals surface area contributed by atoms with Gasteiger partial charge in [-0.25, -0.2) is 0 Å². The second kappa shape index (κ2) is 5.71. The second-order valence-electron chi connectivity index (χ2n) is 6.37. The molecule has 0 bridgehead atoms. The van der Waals surface area contributed by atoms with Crippen molar-refractivity contribution in [3.8, 4) is 0 Å². The predicted octanol–water partition coefficient (Wildman–Crippen LogP) is 5.57. The molecule has 0 aliphatic rings. The molecule has 0 aliphatic heterocycles. The fourth-order valence-corrected chi connectivity index (χ4v) is 4.07. The van der Waals surface area contributed by atoms with Crippen LogP contribution in [0.5, 0.6) is 0 Å². The second-order valence-corrected chi connectivity index (χ2v) is 7.22. The summed E-state index contributed by atoms with van der Waals surface area (Å²) in [4.78, 5) is 3.54. The highest BCUT2D eigenvalue weighted by Gasteiger charge is 2.12. The van der Waals surface area contributed by atoms with Gasteiger partial charge in [0.05, 0.1) is 5.52 Å². The number of halogens is 1. The highest BCUT2D eigenvalue weighted by Crippen LogP contribution is 2.29. The van der Waals surface area contributed by atoms with Gasteiger partial charge < -0.3 is 4.98 Å². The van der Waals surface area contributed by atoms with Crippen LogP contribution >= 0.6 is 15.9 Å². The van der Waals surface area contributed by atoms with Crippen molar-refractivity contribution >= 4 is 48.5 Å². The van der Waals surface area contributed by atoms with Crippen molar-refractivity contribution in [3.63, 3.8) is 0 Å². The zero-order valence-electron chi connectivity index (χ0n) is 13.5. The maximum Gasteiger partial charge on any atom is 0.193 e. The van der Waals surface area contributed by atoms with E-state index in [-0.39, 0.29) is 0 Å². The molecule has 0 saturated carbocycles. The van der Waals surface area contributed by atoms with E-state index >= 15 is 0 Å². The molecule has 3 aromatic carbocycles. The summed E-state index contributed by atoms with van der Waals surface area (Å²) in [5.74, 6) is 0. The summed E-state index contributed by atoms with van der Waals surface area (Å²) in [6.07, 6.45) is 4.36. The molecule has 2 nitrogen and oxygen atoms in total. The number of benzene rings is 3. The Kier molecular flexibility index (Phi) is 3.35. The van der Waals surface area contributed by atoms with Gasteiger partial charge in [0.25, 0.3) is 0 Å². The standard InChI is InChI=1S/C22H15BrN2/c23-20-10-4-9-19-18-11-12-25(14-21(18)24-22(19)20)13-16-7-3-6-15-5-1-2-8-17(15)16/h1-12,14H,13H2/p+1. The number of aromatic nitrogens is 2. The minimum absolute atomic E-state index is 0.855. The Labute approximate surface area is 153 Å². The summed E-state index contributed by atoms with van der Waals surface area (Å²) in [6, 6.07) is 23.6. The van der Waals surface area contributed by atoms with E-state index in [2.05, 4.69) is 105 Å². The zero-order chi connectivity index (χ0) is 16.8. The minimum atomic E-state index is 0.855. The number of nitrogens with one attached hydrogen (secondary N) is 1. The molecule has 25 heavy (non-hydrogen) atoms. The van der Waals surface area contributed by atoms with Crippen LogP contribution in [0.1, 0.15) is 5.56 Å². The van der Waals surface area contributed by atoms with E-state index in [9.17, 15) is 0 Å². The van der Waals surface area contributed by atoms with E-state index < -0.39 is 0 Å². The van der Waals surface area contributed by atoms with Crippen LogP contribution in [0.15, 0.2) is 83.6 Å². The lowest BCUT2D eigenvalue weighted by Gasteiger charge is -2.03. The molecule has 3 heteroatoms. The van der Waals surface area contributed by atoms with Gasteiger partial charge >= 0.3 is 0 Å². The molecule has 5 rings (SSSR count). The number of para-hydroxylation sites is 1. The van der Waals surface area contributed by atoms with Gasteiger partial charge in [0.1, 0.15) is 5.52 Å². The van der Waals surface area contributed by atoms with Gasteiger partial charge in [0, 0.05) is 26.9 Å². The molecule has 1 N–H and O–H groups in total. The third-order valence-corrected chi connectivity index (χ3v) is 5.47. The molecular weight excluding hydrogens is 372 g/mol. The first-order valence-electron chi connectivity index (χ1n) is 8.35. The summed E-state index contributed by atoms with van der Waals surface area (Å²) in [7, 11) is 0. The van der Waals surface area contributed by atoms with Crippen molar-refractivity contribution in [3.05, 3.63) is 89.2 Å². The number of nitrogens with zero attached hydrogens (tertiary/aromatic N) is 1. The van der Waals surface area contributed by atoms with Gasteiger partial charge in [0.15, 0.2) is 18.9 Å². The monoisotopic (exact) mass is 387 g/mol. The van der Waals surface area contributed by atoms with Crippen molar-refractivity contribution in [1.82, 2.24) is 4.98 Å². The summed E-state index contributed by atoms with van der Waals surface area (Å²) in [5.41, 5.74) is 3.64. The van der Waals surface area contributed by atoms with Crippen molar-refractivity contribution in [2.24, 2.45) is 0 Å². The smallest absolute Gasteiger partial charge is 0.193 e. The van der Waals surface area contributed by atoms with Gasteiger partial charge in [-0.15, -0.1) is 0 Å². The molecule has 0 aliphatic carbocycles. The van der Waals surface area contributed by atoms with E-state index in [1.807, 2.05) is 0 Å². The molecule has 0 saturated heterocycles. The Morgan fingerprint density at radius 3 is 2.56 bits per heavy atom. The maximum absolute atomic E-state index is 3.64. The van der Waals surface area contributed by atoms with E-state index in [1.54, 1.807) is 0 Å². The Balaban J connectivity index is 1.63. The van der Waals surface area contributed by atoms with E-state index in [4.69, 9.17) is 0 Å². The highest BCUT2D eigenvalue weighted by atomic mass is 79.9. The summed E-state index contributed by atoms with van der Waals surface area (Å²) in [5, 5.41) is 5.11.